The Morgan fingerprint density at radius 3 is 2.25 bits per heavy atom. The van der Waals surface area contributed by atoms with Gasteiger partial charge < -0.3 is 5.32 Å². The summed E-state index contributed by atoms with van der Waals surface area (Å²) in [6, 6.07) is 6.02. The van der Waals surface area contributed by atoms with Crippen LogP contribution >= 0.6 is 0 Å². The van der Waals surface area contributed by atoms with Gasteiger partial charge in [-0.3, -0.25) is 0 Å². The maximum atomic E-state index is 12.7. The Balaban J connectivity index is 2.12. The molecule has 1 atom stereocenters. The summed E-state index contributed by atoms with van der Waals surface area (Å²) in [7, 11) is -6.65. The summed E-state index contributed by atoms with van der Waals surface area (Å²) < 4.78 is 48.4. The van der Waals surface area contributed by atoms with Gasteiger partial charge in [-0.2, -0.15) is 0 Å². The molecule has 1 aromatic carbocycles. The number of hydrogen-bond acceptors (Lipinski definition) is 5. The average Bonchev–Trinajstić information content (AvgIpc) is 2.54. The van der Waals surface area contributed by atoms with Crippen molar-refractivity contribution in [2.24, 2.45) is 5.92 Å². The fraction of sp³-hybridized carbons (Fsp3) is 0.529. The van der Waals surface area contributed by atoms with E-state index in [1.165, 1.54) is 18.2 Å². The predicted octanol–water partition coefficient (Wildman–Crippen LogP) is 2.12. The van der Waals surface area contributed by atoms with Crippen LogP contribution in [0.5, 0.6) is 0 Å². The van der Waals surface area contributed by atoms with Gasteiger partial charge in [-0.05, 0) is 56.0 Å². The van der Waals surface area contributed by atoms with Crippen molar-refractivity contribution in [3.05, 3.63) is 42.5 Å². The number of hydrogen-bond donors (Lipinski definition) is 1. The number of piperidine rings is 1. The van der Waals surface area contributed by atoms with E-state index in [2.05, 4.69) is 11.9 Å². The molecule has 0 radical (unpaired) electrons. The molecule has 1 aromatic rings. The van der Waals surface area contributed by atoms with Crippen LogP contribution in [0.3, 0.4) is 0 Å². The molecule has 1 aliphatic rings. The van der Waals surface area contributed by atoms with Crippen LogP contribution in [0.15, 0.2) is 41.8 Å². The van der Waals surface area contributed by atoms with Gasteiger partial charge in [-0.1, -0.05) is 18.2 Å². The Hall–Kier alpha value is -1.18. The van der Waals surface area contributed by atoms with Crippen LogP contribution in [0.2, 0.25) is 0 Å². The zero-order valence-corrected chi connectivity index (χ0v) is 15.6. The fourth-order valence-electron chi connectivity index (χ4n) is 3.02. The Bertz CT molecular complexity index is 761. The molecule has 1 fully saturated rings. The minimum absolute atomic E-state index is 0.127. The van der Waals surface area contributed by atoms with Crippen LogP contribution < -0.4 is 5.32 Å². The second kappa shape index (κ2) is 7.80. The first-order chi connectivity index (χ1) is 11.2. The third-order valence-electron chi connectivity index (χ3n) is 4.51. The quantitative estimate of drug-likeness (QED) is 0.743. The highest BCUT2D eigenvalue weighted by Crippen LogP contribution is 2.28. The van der Waals surface area contributed by atoms with Gasteiger partial charge in [-0.25, -0.2) is 16.8 Å². The van der Waals surface area contributed by atoms with Gasteiger partial charge in [0.1, 0.15) is 5.25 Å². The maximum absolute atomic E-state index is 12.7. The van der Waals surface area contributed by atoms with Crippen molar-refractivity contribution in [1.29, 1.82) is 0 Å². The topological polar surface area (TPSA) is 80.3 Å². The summed E-state index contributed by atoms with van der Waals surface area (Å²) in [4.78, 5) is 0.182. The van der Waals surface area contributed by atoms with Crippen LogP contribution in [0.25, 0.3) is 0 Å². The first-order valence-corrected chi connectivity index (χ1v) is 11.7. The molecule has 0 amide bonds. The van der Waals surface area contributed by atoms with Gasteiger partial charge in [0.2, 0.25) is 0 Å². The largest absolute Gasteiger partial charge is 0.317 e. The van der Waals surface area contributed by atoms with Gasteiger partial charge in [0.15, 0.2) is 19.7 Å². The van der Waals surface area contributed by atoms with Crippen LogP contribution in [0.1, 0.15) is 30.1 Å². The van der Waals surface area contributed by atoms with E-state index in [4.69, 9.17) is 0 Å². The van der Waals surface area contributed by atoms with E-state index >= 15 is 0 Å². The molecule has 24 heavy (non-hydrogen) atoms. The Kier molecular flexibility index (Phi) is 6.22. The van der Waals surface area contributed by atoms with Gasteiger partial charge in [0.05, 0.1) is 10.6 Å². The first kappa shape index (κ1) is 19.1. The van der Waals surface area contributed by atoms with Crippen molar-refractivity contribution >= 4 is 19.7 Å². The van der Waals surface area contributed by atoms with E-state index in [0.717, 1.165) is 32.2 Å². The van der Waals surface area contributed by atoms with Gasteiger partial charge in [0.25, 0.3) is 0 Å². The smallest absolute Gasteiger partial charge is 0.175 e. The molecule has 5 nitrogen and oxygen atoms in total. The van der Waals surface area contributed by atoms with Crippen molar-refractivity contribution in [1.82, 2.24) is 5.32 Å². The van der Waals surface area contributed by atoms with Crippen molar-refractivity contribution in [2.75, 3.05) is 25.1 Å². The molecule has 7 heteroatoms. The molecule has 0 bridgehead atoms. The van der Waals surface area contributed by atoms with Crippen molar-refractivity contribution in [2.45, 2.75) is 29.4 Å². The summed E-state index contributed by atoms with van der Waals surface area (Å²) in [6.45, 7) is 5.56. The van der Waals surface area contributed by atoms with Gasteiger partial charge >= 0.3 is 0 Å². The molecular weight excluding hydrogens is 346 g/mol. The molecule has 1 aliphatic heterocycles. The molecule has 0 spiro atoms. The third kappa shape index (κ3) is 4.91. The van der Waals surface area contributed by atoms with E-state index in [0.29, 0.717) is 17.9 Å². The highest BCUT2D eigenvalue weighted by Gasteiger charge is 2.26. The Labute approximate surface area is 145 Å². The van der Waals surface area contributed by atoms with Gasteiger partial charge in [0, 0.05) is 6.26 Å². The molecule has 1 unspecified atom stereocenters. The number of nitrogens with one attached hydrogen (secondary N) is 1. The van der Waals surface area contributed by atoms with E-state index in [1.54, 1.807) is 12.1 Å². The van der Waals surface area contributed by atoms with E-state index in [-0.39, 0.29) is 10.6 Å². The molecule has 134 valence electrons. The predicted molar refractivity (Wildman–Crippen MR) is 96.5 cm³/mol. The second-order valence-electron chi connectivity index (χ2n) is 6.35. The molecule has 1 saturated heterocycles. The molecule has 0 saturated carbocycles. The lowest BCUT2D eigenvalue weighted by atomic mass is 9.96. The zero-order chi connectivity index (χ0) is 17.8. The summed E-state index contributed by atoms with van der Waals surface area (Å²) in [5, 5.41) is 2.48. The maximum Gasteiger partial charge on any atom is 0.175 e. The lowest BCUT2D eigenvalue weighted by Crippen LogP contribution is -2.29. The summed E-state index contributed by atoms with van der Waals surface area (Å²) in [5.41, 5.74) is 0.558. The highest BCUT2D eigenvalue weighted by molar-refractivity contribution is 7.91. The standard InChI is InChI=1S/C17H25NO4S2/c1-3-17(15-4-6-16(7-5-15)23(2,19)20)24(21,22)13-10-14-8-11-18-12-9-14/h3-7,14,17-18H,1,8-13H2,2H3. The lowest BCUT2D eigenvalue weighted by molar-refractivity contribution is 0.365. The van der Waals surface area contributed by atoms with E-state index in [9.17, 15) is 16.8 Å². The monoisotopic (exact) mass is 371 g/mol. The molecular formula is C17H25NO4S2. The van der Waals surface area contributed by atoms with Crippen molar-refractivity contribution < 1.29 is 16.8 Å². The van der Waals surface area contributed by atoms with Crippen LogP contribution in [-0.4, -0.2) is 41.9 Å². The SMILES string of the molecule is C=CC(c1ccc(S(C)(=O)=O)cc1)S(=O)(=O)CCC1CCNCC1. The number of benzene rings is 1. The summed E-state index contributed by atoms with van der Waals surface area (Å²) in [6.07, 6.45) is 5.24. The lowest BCUT2D eigenvalue weighted by Gasteiger charge is -2.23. The molecule has 0 aromatic heterocycles. The molecule has 0 aliphatic carbocycles. The van der Waals surface area contributed by atoms with Gasteiger partial charge in [-0.15, -0.1) is 6.58 Å². The van der Waals surface area contributed by atoms with Crippen molar-refractivity contribution in [3.63, 3.8) is 0 Å². The van der Waals surface area contributed by atoms with E-state index in [1.807, 2.05) is 0 Å². The Morgan fingerprint density at radius 2 is 1.75 bits per heavy atom. The second-order valence-corrected chi connectivity index (χ2v) is 10.6. The minimum atomic E-state index is -3.36. The Morgan fingerprint density at radius 1 is 1.17 bits per heavy atom. The minimum Gasteiger partial charge on any atom is -0.317 e. The third-order valence-corrected chi connectivity index (χ3v) is 7.68. The van der Waals surface area contributed by atoms with Crippen molar-refractivity contribution in [3.8, 4) is 0 Å². The van der Waals surface area contributed by atoms with Crippen LogP contribution in [-0.2, 0) is 19.7 Å². The number of rotatable bonds is 7. The first-order valence-electron chi connectivity index (χ1n) is 8.09. The molecule has 2 rings (SSSR count). The summed E-state index contributed by atoms with van der Waals surface area (Å²) >= 11 is 0. The fourth-order valence-corrected chi connectivity index (χ4v) is 5.43. The van der Waals surface area contributed by atoms with E-state index < -0.39 is 24.9 Å². The summed E-state index contributed by atoms with van der Waals surface area (Å²) in [5.74, 6) is 0.571. The highest BCUT2D eigenvalue weighted by atomic mass is 32.2. The molecule has 1 heterocycles. The number of sulfone groups is 2. The zero-order valence-electron chi connectivity index (χ0n) is 13.9. The van der Waals surface area contributed by atoms with Crippen LogP contribution in [0, 0.1) is 5.92 Å². The average molecular weight is 372 g/mol. The normalized spacial score (nSPS) is 18.2. The molecule has 1 N–H and O–H groups in total. The van der Waals surface area contributed by atoms with Crippen LogP contribution in [0.4, 0.5) is 0 Å².